The summed E-state index contributed by atoms with van der Waals surface area (Å²) in [5.41, 5.74) is 0.227. The van der Waals surface area contributed by atoms with Crippen molar-refractivity contribution >= 4 is 52.5 Å². The first kappa shape index (κ1) is 16.4. The highest BCUT2D eigenvalue weighted by Gasteiger charge is 2.19. The van der Waals surface area contributed by atoms with Gasteiger partial charge in [0.25, 0.3) is 0 Å². The van der Waals surface area contributed by atoms with Gasteiger partial charge in [-0.25, -0.2) is 4.79 Å². The number of aromatic carboxylic acids is 1. The third-order valence-corrected chi connectivity index (χ3v) is 4.71. The number of rotatable bonds is 4. The van der Waals surface area contributed by atoms with Crippen LogP contribution >= 0.6 is 35.0 Å². The van der Waals surface area contributed by atoms with Gasteiger partial charge in [-0.2, -0.15) is 11.8 Å². The largest absolute Gasteiger partial charge is 0.478 e. The fraction of sp³-hybridized carbons (Fsp3) is 0.385. The van der Waals surface area contributed by atoms with E-state index >= 15 is 0 Å². The second-order valence-electron chi connectivity index (χ2n) is 4.60. The van der Waals surface area contributed by atoms with Crippen LogP contribution in [0.2, 0.25) is 10.0 Å². The molecule has 1 unspecified atom stereocenters. The predicted octanol–water partition coefficient (Wildman–Crippen LogP) is 2.73. The number of carboxylic acid groups (broad SMARTS) is 1. The molecule has 114 valence electrons. The summed E-state index contributed by atoms with van der Waals surface area (Å²) in [6, 6.07) is 2.65. The maximum atomic E-state index is 12.0. The van der Waals surface area contributed by atoms with E-state index in [-0.39, 0.29) is 33.2 Å². The van der Waals surface area contributed by atoms with Gasteiger partial charge in [-0.1, -0.05) is 23.2 Å². The van der Waals surface area contributed by atoms with Crippen molar-refractivity contribution in [2.45, 2.75) is 12.5 Å². The van der Waals surface area contributed by atoms with Gasteiger partial charge in [0.2, 0.25) is 5.91 Å². The molecule has 8 heteroatoms. The second-order valence-corrected chi connectivity index (χ2v) is 6.56. The summed E-state index contributed by atoms with van der Waals surface area (Å²) in [6.07, 6.45) is 0.320. The smallest absolute Gasteiger partial charge is 0.335 e. The molecule has 0 saturated carbocycles. The van der Waals surface area contributed by atoms with Crippen molar-refractivity contribution < 1.29 is 14.7 Å². The van der Waals surface area contributed by atoms with Crippen LogP contribution in [0.3, 0.4) is 0 Å². The molecule has 1 fully saturated rings. The molecular weight excluding hydrogens is 335 g/mol. The minimum atomic E-state index is -1.12. The van der Waals surface area contributed by atoms with E-state index in [9.17, 15) is 9.59 Å². The molecule has 1 aliphatic heterocycles. The molecule has 21 heavy (non-hydrogen) atoms. The van der Waals surface area contributed by atoms with Gasteiger partial charge in [-0.3, -0.25) is 4.79 Å². The van der Waals surface area contributed by atoms with Gasteiger partial charge in [-0.15, -0.1) is 0 Å². The van der Waals surface area contributed by atoms with Crippen LogP contribution in [0.1, 0.15) is 16.8 Å². The fourth-order valence-corrected chi connectivity index (χ4v) is 3.51. The van der Waals surface area contributed by atoms with Gasteiger partial charge < -0.3 is 15.7 Å². The van der Waals surface area contributed by atoms with Crippen LogP contribution in [-0.2, 0) is 4.79 Å². The van der Waals surface area contributed by atoms with Gasteiger partial charge >= 0.3 is 5.97 Å². The van der Waals surface area contributed by atoms with Crippen LogP contribution in [0.5, 0.6) is 0 Å². The van der Waals surface area contributed by atoms with E-state index in [1.807, 2.05) is 0 Å². The fourth-order valence-electron chi connectivity index (χ4n) is 1.98. The number of carbonyl (C=O) groups is 2. The average Bonchev–Trinajstić information content (AvgIpc) is 2.43. The minimum Gasteiger partial charge on any atom is -0.478 e. The molecule has 0 aliphatic carbocycles. The van der Waals surface area contributed by atoms with Crippen LogP contribution in [0.4, 0.5) is 5.69 Å². The quantitative estimate of drug-likeness (QED) is 0.779. The highest BCUT2D eigenvalue weighted by atomic mass is 35.5. The number of hydrogen-bond acceptors (Lipinski definition) is 4. The molecule has 1 heterocycles. The van der Waals surface area contributed by atoms with Crippen LogP contribution in [0.15, 0.2) is 12.1 Å². The van der Waals surface area contributed by atoms with Crippen molar-refractivity contribution in [2.24, 2.45) is 0 Å². The first-order chi connectivity index (χ1) is 9.97. The molecule has 1 aromatic rings. The Kier molecular flexibility index (Phi) is 5.75. The Hall–Kier alpha value is -0.950. The average molecular weight is 349 g/mol. The maximum absolute atomic E-state index is 12.0. The maximum Gasteiger partial charge on any atom is 0.335 e. The Labute approximate surface area is 136 Å². The number of hydrogen-bond donors (Lipinski definition) is 3. The Morgan fingerprint density at radius 3 is 2.57 bits per heavy atom. The van der Waals surface area contributed by atoms with Crippen molar-refractivity contribution in [3.05, 3.63) is 27.7 Å². The van der Waals surface area contributed by atoms with E-state index < -0.39 is 5.97 Å². The van der Waals surface area contributed by atoms with E-state index in [1.165, 1.54) is 12.1 Å². The Morgan fingerprint density at radius 2 is 2.05 bits per heavy atom. The van der Waals surface area contributed by atoms with Gasteiger partial charge in [0.1, 0.15) is 0 Å². The number of carbonyl (C=O) groups excluding carboxylic acids is 1. The van der Waals surface area contributed by atoms with Gasteiger partial charge in [0.05, 0.1) is 21.3 Å². The molecule has 1 aromatic carbocycles. The van der Waals surface area contributed by atoms with Gasteiger partial charge in [0, 0.05) is 30.5 Å². The summed E-state index contributed by atoms with van der Waals surface area (Å²) >= 11 is 13.8. The van der Waals surface area contributed by atoms with Crippen molar-refractivity contribution in [3.63, 3.8) is 0 Å². The molecule has 0 bridgehead atoms. The molecule has 3 N–H and O–H groups in total. The summed E-state index contributed by atoms with van der Waals surface area (Å²) in [7, 11) is 0. The third kappa shape index (κ3) is 4.51. The number of halogens is 2. The third-order valence-electron chi connectivity index (χ3n) is 2.98. The Bertz CT molecular complexity index is 539. The summed E-state index contributed by atoms with van der Waals surface area (Å²) in [6.45, 7) is 0.886. The molecule has 1 saturated heterocycles. The summed E-state index contributed by atoms with van der Waals surface area (Å²) < 4.78 is 0. The van der Waals surface area contributed by atoms with Gasteiger partial charge in [-0.05, 0) is 12.1 Å². The van der Waals surface area contributed by atoms with E-state index in [4.69, 9.17) is 28.3 Å². The number of anilines is 1. The summed E-state index contributed by atoms with van der Waals surface area (Å²) in [5.74, 6) is 0.598. The van der Waals surface area contributed by atoms with E-state index in [0.717, 1.165) is 18.1 Å². The second kappa shape index (κ2) is 7.35. The molecular formula is C13H14Cl2N2O3S. The van der Waals surface area contributed by atoms with Crippen LogP contribution in [-0.4, -0.2) is 41.1 Å². The van der Waals surface area contributed by atoms with Gasteiger partial charge in [0.15, 0.2) is 0 Å². The lowest BCUT2D eigenvalue weighted by atomic mass is 10.2. The van der Waals surface area contributed by atoms with Crippen molar-refractivity contribution in [1.29, 1.82) is 0 Å². The Balaban J connectivity index is 2.04. The molecule has 1 aliphatic rings. The predicted molar refractivity (Wildman–Crippen MR) is 85.8 cm³/mol. The zero-order valence-electron chi connectivity index (χ0n) is 11.0. The monoisotopic (exact) mass is 348 g/mol. The molecule has 2 rings (SSSR count). The first-order valence-electron chi connectivity index (χ1n) is 6.30. The normalized spacial score (nSPS) is 18.3. The zero-order chi connectivity index (χ0) is 15.4. The number of amides is 1. The van der Waals surface area contributed by atoms with Crippen LogP contribution < -0.4 is 10.6 Å². The standard InChI is InChI=1S/C13H14Cl2N2O3S/c14-9-3-7(13(19)20)4-10(15)12(9)17-11(18)5-8-6-21-2-1-16-8/h3-4,8,16H,1-2,5-6H2,(H,17,18)(H,19,20). The molecule has 0 spiro atoms. The lowest BCUT2D eigenvalue weighted by Gasteiger charge is -2.22. The minimum absolute atomic E-state index is 0.0200. The SMILES string of the molecule is O=C(CC1CSCCN1)Nc1c(Cl)cc(C(=O)O)cc1Cl. The summed E-state index contributed by atoms with van der Waals surface area (Å²) in [5, 5.41) is 15.0. The zero-order valence-corrected chi connectivity index (χ0v) is 13.3. The summed E-state index contributed by atoms with van der Waals surface area (Å²) in [4.78, 5) is 22.9. The van der Waals surface area contributed by atoms with E-state index in [2.05, 4.69) is 10.6 Å². The molecule has 1 atom stereocenters. The van der Waals surface area contributed by atoms with Crippen molar-refractivity contribution in [2.75, 3.05) is 23.4 Å². The number of thioether (sulfide) groups is 1. The highest BCUT2D eigenvalue weighted by molar-refractivity contribution is 7.99. The number of nitrogens with one attached hydrogen (secondary N) is 2. The topological polar surface area (TPSA) is 78.4 Å². The van der Waals surface area contributed by atoms with Crippen LogP contribution in [0, 0.1) is 0 Å². The molecule has 1 amide bonds. The molecule has 0 aromatic heterocycles. The van der Waals surface area contributed by atoms with E-state index in [1.54, 1.807) is 11.8 Å². The van der Waals surface area contributed by atoms with Crippen molar-refractivity contribution in [1.82, 2.24) is 5.32 Å². The highest BCUT2D eigenvalue weighted by Crippen LogP contribution is 2.32. The number of carboxylic acids is 1. The van der Waals surface area contributed by atoms with Crippen LogP contribution in [0.25, 0.3) is 0 Å². The van der Waals surface area contributed by atoms with Crippen molar-refractivity contribution in [3.8, 4) is 0 Å². The lowest BCUT2D eigenvalue weighted by molar-refractivity contribution is -0.116. The van der Waals surface area contributed by atoms with E-state index in [0.29, 0.717) is 6.42 Å². The Morgan fingerprint density at radius 1 is 1.38 bits per heavy atom. The first-order valence-corrected chi connectivity index (χ1v) is 8.21. The molecule has 0 radical (unpaired) electrons. The number of benzene rings is 1. The molecule has 5 nitrogen and oxygen atoms in total. The lowest BCUT2D eigenvalue weighted by Crippen LogP contribution is -2.39.